The molecule has 0 unspecified atom stereocenters. The van der Waals surface area contributed by atoms with Gasteiger partial charge in [0.15, 0.2) is 0 Å². The summed E-state index contributed by atoms with van der Waals surface area (Å²) >= 11 is 6.15. The van der Waals surface area contributed by atoms with Gasteiger partial charge in [0.2, 0.25) is 5.96 Å². The van der Waals surface area contributed by atoms with Crippen molar-refractivity contribution in [3.05, 3.63) is 64.2 Å². The normalized spacial score (nSPS) is 15.1. The molecule has 3 rings (SSSR count). The Labute approximate surface area is 183 Å². The number of anilines is 1. The van der Waals surface area contributed by atoms with E-state index in [0.29, 0.717) is 23.1 Å². The monoisotopic (exact) mass is 428 g/mol. The zero-order chi connectivity index (χ0) is 21.3. The Kier molecular flexibility index (Phi) is 8.25. The molecule has 1 heterocycles. The molecule has 7 heteroatoms. The maximum atomic E-state index is 12.8. The number of hydrogen-bond donors (Lipinski definition) is 2. The number of carbonyl (C=O) groups excluding carboxylic acids is 1. The van der Waals surface area contributed by atoms with E-state index in [1.54, 1.807) is 0 Å². The minimum absolute atomic E-state index is 0.199. The standard InChI is InChI=1S/C23H29ClN4O2/c1-3-18-5-7-19(8-6-18)22(29)27-23(25-10-11-28-12-14-30-15-13-28)26-21-16-20(24)9-4-17(21)2/h4-9,16H,3,10-15H2,1-2H3,(H2,25,26,27,29). The summed E-state index contributed by atoms with van der Waals surface area (Å²) in [5, 5.41) is 6.78. The van der Waals surface area contributed by atoms with Gasteiger partial charge in [0.05, 0.1) is 19.8 Å². The van der Waals surface area contributed by atoms with Crippen LogP contribution in [0.5, 0.6) is 0 Å². The highest BCUT2D eigenvalue weighted by Crippen LogP contribution is 2.20. The number of hydrogen-bond acceptors (Lipinski definition) is 4. The van der Waals surface area contributed by atoms with Gasteiger partial charge < -0.3 is 10.1 Å². The first-order chi connectivity index (χ1) is 14.5. The second kappa shape index (κ2) is 11.1. The van der Waals surface area contributed by atoms with Gasteiger partial charge in [0.25, 0.3) is 5.91 Å². The van der Waals surface area contributed by atoms with Crippen LogP contribution in [0.1, 0.15) is 28.4 Å². The molecule has 1 saturated heterocycles. The molecule has 0 aliphatic carbocycles. The topological polar surface area (TPSA) is 66.0 Å². The van der Waals surface area contributed by atoms with E-state index in [1.165, 1.54) is 5.56 Å². The summed E-state index contributed by atoms with van der Waals surface area (Å²) in [7, 11) is 0. The van der Waals surface area contributed by atoms with Gasteiger partial charge in [-0.1, -0.05) is 36.7 Å². The third kappa shape index (κ3) is 6.55. The average Bonchev–Trinajstić information content (AvgIpc) is 2.77. The molecule has 0 spiro atoms. The number of morpholine rings is 1. The summed E-state index contributed by atoms with van der Waals surface area (Å²) in [4.78, 5) is 19.7. The second-order valence-corrected chi connectivity index (χ2v) is 7.71. The predicted octanol–water partition coefficient (Wildman–Crippen LogP) is 3.74. The molecule has 1 amide bonds. The van der Waals surface area contributed by atoms with Gasteiger partial charge in [-0.3, -0.25) is 20.0 Å². The average molecular weight is 429 g/mol. The van der Waals surface area contributed by atoms with Crippen LogP contribution in [-0.4, -0.2) is 56.2 Å². The predicted molar refractivity (Wildman–Crippen MR) is 123 cm³/mol. The SMILES string of the molecule is CCc1ccc(C(=O)NC(=NCCN2CCOCC2)Nc2cc(Cl)ccc2C)cc1. The number of guanidine groups is 1. The van der Waals surface area contributed by atoms with Crippen molar-refractivity contribution in [2.24, 2.45) is 4.99 Å². The van der Waals surface area contributed by atoms with Crippen molar-refractivity contribution >= 4 is 29.2 Å². The number of benzene rings is 2. The van der Waals surface area contributed by atoms with E-state index < -0.39 is 0 Å². The molecule has 30 heavy (non-hydrogen) atoms. The molecule has 1 aliphatic heterocycles. The first-order valence-corrected chi connectivity index (χ1v) is 10.7. The Morgan fingerprint density at radius 3 is 2.60 bits per heavy atom. The van der Waals surface area contributed by atoms with Crippen LogP contribution in [0.25, 0.3) is 0 Å². The first kappa shape index (κ1) is 22.3. The van der Waals surface area contributed by atoms with Crippen molar-refractivity contribution in [1.82, 2.24) is 10.2 Å². The molecule has 160 valence electrons. The number of halogens is 1. The molecular weight excluding hydrogens is 400 g/mol. The van der Waals surface area contributed by atoms with E-state index in [0.717, 1.165) is 50.5 Å². The number of nitrogens with one attached hydrogen (secondary N) is 2. The number of amides is 1. The molecular formula is C23H29ClN4O2. The van der Waals surface area contributed by atoms with Gasteiger partial charge in [-0.25, -0.2) is 0 Å². The van der Waals surface area contributed by atoms with Crippen molar-refractivity contribution in [1.29, 1.82) is 0 Å². The van der Waals surface area contributed by atoms with Crippen LogP contribution < -0.4 is 10.6 Å². The largest absolute Gasteiger partial charge is 0.379 e. The van der Waals surface area contributed by atoms with E-state index in [-0.39, 0.29) is 5.91 Å². The van der Waals surface area contributed by atoms with E-state index in [2.05, 4.69) is 27.4 Å². The van der Waals surface area contributed by atoms with E-state index in [9.17, 15) is 4.79 Å². The molecule has 2 aromatic rings. The van der Waals surface area contributed by atoms with Crippen LogP contribution in [0.3, 0.4) is 0 Å². The van der Waals surface area contributed by atoms with Gasteiger partial charge in [0.1, 0.15) is 0 Å². The van der Waals surface area contributed by atoms with Crippen molar-refractivity contribution < 1.29 is 9.53 Å². The molecule has 2 aromatic carbocycles. The summed E-state index contributed by atoms with van der Waals surface area (Å²) in [5.74, 6) is 0.216. The molecule has 0 saturated carbocycles. The highest BCUT2D eigenvalue weighted by atomic mass is 35.5. The first-order valence-electron chi connectivity index (χ1n) is 10.3. The van der Waals surface area contributed by atoms with Gasteiger partial charge in [-0.05, 0) is 48.7 Å². The quantitative estimate of drug-likeness (QED) is 0.543. The maximum Gasteiger partial charge on any atom is 0.257 e. The molecule has 0 atom stereocenters. The molecule has 0 radical (unpaired) electrons. The summed E-state index contributed by atoms with van der Waals surface area (Å²) < 4.78 is 5.39. The van der Waals surface area contributed by atoms with Crippen LogP contribution >= 0.6 is 11.6 Å². The van der Waals surface area contributed by atoms with Gasteiger partial charge in [-0.2, -0.15) is 0 Å². The van der Waals surface area contributed by atoms with Gasteiger partial charge in [-0.15, -0.1) is 0 Å². The van der Waals surface area contributed by atoms with Crippen molar-refractivity contribution in [2.45, 2.75) is 20.3 Å². The molecule has 2 N–H and O–H groups in total. The van der Waals surface area contributed by atoms with Crippen LogP contribution in [0.15, 0.2) is 47.5 Å². The van der Waals surface area contributed by atoms with Crippen molar-refractivity contribution in [3.8, 4) is 0 Å². The Balaban J connectivity index is 1.72. The maximum absolute atomic E-state index is 12.8. The Morgan fingerprint density at radius 1 is 1.17 bits per heavy atom. The highest BCUT2D eigenvalue weighted by molar-refractivity contribution is 6.31. The third-order valence-electron chi connectivity index (χ3n) is 5.10. The zero-order valence-corrected chi connectivity index (χ0v) is 18.3. The Hall–Kier alpha value is -2.41. The van der Waals surface area contributed by atoms with E-state index >= 15 is 0 Å². The molecule has 6 nitrogen and oxygen atoms in total. The molecule has 0 aromatic heterocycles. The second-order valence-electron chi connectivity index (χ2n) is 7.27. The van der Waals surface area contributed by atoms with Crippen LogP contribution in [-0.2, 0) is 11.2 Å². The lowest BCUT2D eigenvalue weighted by molar-refractivity contribution is 0.0394. The number of aryl methyl sites for hydroxylation is 2. The van der Waals surface area contributed by atoms with E-state index in [1.807, 2.05) is 49.4 Å². The smallest absolute Gasteiger partial charge is 0.257 e. The Bertz CT molecular complexity index is 877. The summed E-state index contributed by atoms with van der Waals surface area (Å²) in [6, 6.07) is 13.2. The minimum atomic E-state index is -0.199. The van der Waals surface area contributed by atoms with Crippen LogP contribution in [0.2, 0.25) is 5.02 Å². The molecule has 1 fully saturated rings. The highest BCUT2D eigenvalue weighted by Gasteiger charge is 2.12. The fourth-order valence-electron chi connectivity index (χ4n) is 3.17. The van der Waals surface area contributed by atoms with Crippen molar-refractivity contribution in [3.63, 3.8) is 0 Å². The summed E-state index contributed by atoms with van der Waals surface area (Å²) in [5.41, 5.74) is 3.62. The number of nitrogens with zero attached hydrogens (tertiary/aromatic N) is 2. The lowest BCUT2D eigenvalue weighted by atomic mass is 10.1. The zero-order valence-electron chi connectivity index (χ0n) is 17.6. The number of aliphatic imine (C=N–C) groups is 1. The Morgan fingerprint density at radius 2 is 1.90 bits per heavy atom. The van der Waals surface area contributed by atoms with E-state index in [4.69, 9.17) is 16.3 Å². The molecule has 1 aliphatic rings. The fourth-order valence-corrected chi connectivity index (χ4v) is 3.34. The lowest BCUT2D eigenvalue weighted by Crippen LogP contribution is -2.39. The molecule has 0 bridgehead atoms. The van der Waals surface area contributed by atoms with Crippen LogP contribution in [0.4, 0.5) is 5.69 Å². The van der Waals surface area contributed by atoms with Crippen molar-refractivity contribution in [2.75, 3.05) is 44.7 Å². The third-order valence-corrected chi connectivity index (χ3v) is 5.33. The lowest BCUT2D eigenvalue weighted by Gasteiger charge is -2.25. The van der Waals surface area contributed by atoms with Gasteiger partial charge >= 0.3 is 0 Å². The number of carbonyl (C=O) groups is 1. The summed E-state index contributed by atoms with van der Waals surface area (Å²) in [6.45, 7) is 8.76. The number of ether oxygens (including phenoxy) is 1. The minimum Gasteiger partial charge on any atom is -0.379 e. The van der Waals surface area contributed by atoms with Gasteiger partial charge in [0, 0.05) is 35.9 Å². The number of rotatable bonds is 6. The fraction of sp³-hybridized carbons (Fsp3) is 0.391. The van der Waals surface area contributed by atoms with Crippen LogP contribution in [0, 0.1) is 6.92 Å². The summed E-state index contributed by atoms with van der Waals surface area (Å²) in [6.07, 6.45) is 0.936.